The number of nitrogens with one attached hydrogen (secondary N) is 2. The van der Waals surface area contributed by atoms with Gasteiger partial charge in [0.05, 0.1) is 10.6 Å². The van der Waals surface area contributed by atoms with E-state index in [0.717, 1.165) is 17.7 Å². The fourth-order valence-corrected chi connectivity index (χ4v) is 4.70. The molecule has 10 heteroatoms. The Labute approximate surface area is 196 Å². The Balaban J connectivity index is 1.72. The maximum Gasteiger partial charge on any atom is 0.326 e. The van der Waals surface area contributed by atoms with Gasteiger partial charge in [-0.3, -0.25) is 0 Å². The first-order valence-electron chi connectivity index (χ1n) is 10.0. The molecule has 4 N–H and O–H groups in total. The SMILES string of the molecule is CC(C)Cc1ccc(-c2csc(C(C#N)=CNc3ccc(S(=O)(=O)NC(N)=O)cc3)n2)cc1. The Kier molecular flexibility index (Phi) is 7.48. The van der Waals surface area contributed by atoms with Gasteiger partial charge in [0.25, 0.3) is 10.0 Å². The van der Waals surface area contributed by atoms with E-state index in [9.17, 15) is 18.5 Å². The number of amides is 2. The van der Waals surface area contributed by atoms with Crippen molar-refractivity contribution in [1.29, 1.82) is 5.26 Å². The Hall–Kier alpha value is -3.68. The van der Waals surface area contributed by atoms with Crippen molar-refractivity contribution >= 4 is 38.7 Å². The number of nitrogens with two attached hydrogens (primary N) is 1. The van der Waals surface area contributed by atoms with E-state index >= 15 is 0 Å². The topological polar surface area (TPSA) is 138 Å². The summed E-state index contributed by atoms with van der Waals surface area (Å²) in [4.78, 5) is 15.3. The summed E-state index contributed by atoms with van der Waals surface area (Å²) in [6.07, 6.45) is 2.53. The first kappa shape index (κ1) is 24.0. The molecule has 0 spiro atoms. The Morgan fingerprint density at radius 2 is 1.85 bits per heavy atom. The summed E-state index contributed by atoms with van der Waals surface area (Å²) in [7, 11) is -4.02. The van der Waals surface area contributed by atoms with Crippen LogP contribution in [-0.2, 0) is 16.4 Å². The molecule has 3 aromatic rings. The number of carbonyl (C=O) groups excluding carboxylic acids is 1. The Bertz CT molecular complexity index is 1300. The summed E-state index contributed by atoms with van der Waals surface area (Å²) in [5.41, 5.74) is 8.82. The van der Waals surface area contributed by atoms with Crippen LogP contribution in [0.15, 0.2) is 65.0 Å². The van der Waals surface area contributed by atoms with Crippen LogP contribution in [-0.4, -0.2) is 19.4 Å². The van der Waals surface area contributed by atoms with Gasteiger partial charge in [-0.15, -0.1) is 11.3 Å². The minimum Gasteiger partial charge on any atom is -0.360 e. The molecule has 0 aliphatic heterocycles. The van der Waals surface area contributed by atoms with Gasteiger partial charge in [0.1, 0.15) is 16.6 Å². The predicted octanol–water partition coefficient (Wildman–Crippen LogP) is 4.34. The van der Waals surface area contributed by atoms with Crippen molar-refractivity contribution in [3.63, 3.8) is 0 Å². The highest BCUT2D eigenvalue weighted by Gasteiger charge is 2.15. The lowest BCUT2D eigenvalue weighted by Gasteiger charge is -2.06. The molecule has 8 nitrogen and oxygen atoms in total. The summed E-state index contributed by atoms with van der Waals surface area (Å²) in [6, 6.07) is 14.9. The van der Waals surface area contributed by atoms with Crippen LogP contribution >= 0.6 is 11.3 Å². The predicted molar refractivity (Wildman–Crippen MR) is 130 cm³/mol. The highest BCUT2D eigenvalue weighted by molar-refractivity contribution is 7.90. The second kappa shape index (κ2) is 10.3. The van der Waals surface area contributed by atoms with Crippen LogP contribution < -0.4 is 15.8 Å². The van der Waals surface area contributed by atoms with Gasteiger partial charge in [-0.25, -0.2) is 22.9 Å². The number of hydrogen-bond acceptors (Lipinski definition) is 7. The van der Waals surface area contributed by atoms with Crippen molar-refractivity contribution in [3.05, 3.63) is 70.7 Å². The van der Waals surface area contributed by atoms with Gasteiger partial charge in [0.2, 0.25) is 0 Å². The molecule has 1 heterocycles. The molecule has 0 aliphatic rings. The normalized spacial score (nSPS) is 11.8. The van der Waals surface area contributed by atoms with Crippen LogP contribution in [0.2, 0.25) is 0 Å². The molecule has 0 unspecified atom stereocenters. The van der Waals surface area contributed by atoms with Crippen LogP contribution in [0.4, 0.5) is 10.5 Å². The highest BCUT2D eigenvalue weighted by Crippen LogP contribution is 2.27. The van der Waals surface area contributed by atoms with E-state index in [0.29, 0.717) is 22.2 Å². The second-order valence-electron chi connectivity index (χ2n) is 7.64. The molecular formula is C23H23N5O3S2. The third-order valence-electron chi connectivity index (χ3n) is 4.53. The highest BCUT2D eigenvalue weighted by atomic mass is 32.2. The Morgan fingerprint density at radius 1 is 1.18 bits per heavy atom. The number of urea groups is 1. The quantitative estimate of drug-likeness (QED) is 0.409. The number of carbonyl (C=O) groups is 1. The minimum atomic E-state index is -4.02. The number of allylic oxidation sites excluding steroid dienone is 1. The molecule has 0 saturated carbocycles. The summed E-state index contributed by atoms with van der Waals surface area (Å²) in [6.45, 7) is 4.36. The molecular weight excluding hydrogens is 458 g/mol. The van der Waals surface area contributed by atoms with Gasteiger partial charge >= 0.3 is 6.03 Å². The molecule has 2 amide bonds. The smallest absolute Gasteiger partial charge is 0.326 e. The zero-order chi connectivity index (χ0) is 24.0. The molecule has 0 saturated heterocycles. The van der Waals surface area contributed by atoms with E-state index in [1.807, 2.05) is 17.5 Å². The van der Waals surface area contributed by atoms with E-state index in [2.05, 4.69) is 42.4 Å². The van der Waals surface area contributed by atoms with Crippen LogP contribution in [0, 0.1) is 17.2 Å². The number of aromatic nitrogens is 1. The number of primary amides is 1. The summed E-state index contributed by atoms with van der Waals surface area (Å²) in [5, 5.41) is 15.0. The molecule has 0 radical (unpaired) electrons. The molecule has 0 aliphatic carbocycles. The molecule has 0 fully saturated rings. The summed E-state index contributed by atoms with van der Waals surface area (Å²) in [5.74, 6) is 0.588. The van der Waals surface area contributed by atoms with Gasteiger partial charge in [-0.05, 0) is 42.2 Å². The van der Waals surface area contributed by atoms with Crippen LogP contribution in [0.5, 0.6) is 0 Å². The number of nitriles is 1. The fraction of sp³-hybridized carbons (Fsp3) is 0.174. The average Bonchev–Trinajstić information content (AvgIpc) is 3.24. The number of sulfonamides is 1. The number of thiazole rings is 1. The van der Waals surface area contributed by atoms with Crippen molar-refractivity contribution in [3.8, 4) is 17.3 Å². The zero-order valence-corrected chi connectivity index (χ0v) is 19.7. The maximum absolute atomic E-state index is 11.9. The van der Waals surface area contributed by atoms with E-state index < -0.39 is 16.1 Å². The van der Waals surface area contributed by atoms with E-state index in [-0.39, 0.29) is 4.90 Å². The summed E-state index contributed by atoms with van der Waals surface area (Å²) < 4.78 is 25.6. The van der Waals surface area contributed by atoms with Gasteiger partial charge in [0, 0.05) is 22.8 Å². The van der Waals surface area contributed by atoms with Crippen molar-refractivity contribution < 1.29 is 13.2 Å². The third-order valence-corrected chi connectivity index (χ3v) is 6.77. The third kappa shape index (κ3) is 6.41. The lowest BCUT2D eigenvalue weighted by molar-refractivity contribution is 0.253. The second-order valence-corrected chi connectivity index (χ2v) is 10.2. The van der Waals surface area contributed by atoms with Gasteiger partial charge < -0.3 is 11.1 Å². The van der Waals surface area contributed by atoms with Gasteiger partial charge in [0.15, 0.2) is 0 Å². The number of rotatable bonds is 8. The Morgan fingerprint density at radius 3 is 2.42 bits per heavy atom. The number of nitrogens with zero attached hydrogens (tertiary/aromatic N) is 2. The standard InChI is InChI=1S/C23H23N5O3S2/c1-15(2)11-16-3-5-17(6-4-16)21-14-32-22(27-21)18(12-24)13-26-19-7-9-20(10-8-19)33(30,31)28-23(25)29/h3-10,13-15,26H,11H2,1-2H3,(H3,25,28,29). The number of anilines is 1. The van der Waals surface area contributed by atoms with E-state index in [4.69, 9.17) is 5.73 Å². The number of benzene rings is 2. The first-order chi connectivity index (χ1) is 15.7. The molecule has 0 bridgehead atoms. The van der Waals surface area contributed by atoms with Crippen molar-refractivity contribution in [2.45, 2.75) is 25.2 Å². The van der Waals surface area contributed by atoms with E-state index in [1.54, 1.807) is 4.72 Å². The molecule has 1 aromatic heterocycles. The first-order valence-corrected chi connectivity index (χ1v) is 12.4. The maximum atomic E-state index is 11.9. The summed E-state index contributed by atoms with van der Waals surface area (Å²) >= 11 is 1.37. The monoisotopic (exact) mass is 481 g/mol. The minimum absolute atomic E-state index is 0.111. The number of hydrogen-bond donors (Lipinski definition) is 3. The van der Waals surface area contributed by atoms with Crippen LogP contribution in [0.3, 0.4) is 0 Å². The molecule has 2 aromatic carbocycles. The van der Waals surface area contributed by atoms with Crippen molar-refractivity contribution in [1.82, 2.24) is 9.71 Å². The lowest BCUT2D eigenvalue weighted by Crippen LogP contribution is -2.34. The van der Waals surface area contributed by atoms with E-state index in [1.165, 1.54) is 47.4 Å². The molecule has 0 atom stereocenters. The van der Waals surface area contributed by atoms with Crippen LogP contribution in [0.1, 0.15) is 24.4 Å². The largest absolute Gasteiger partial charge is 0.360 e. The average molecular weight is 482 g/mol. The van der Waals surface area contributed by atoms with Crippen LogP contribution in [0.25, 0.3) is 16.8 Å². The van der Waals surface area contributed by atoms with Crippen molar-refractivity contribution in [2.24, 2.45) is 11.7 Å². The van der Waals surface area contributed by atoms with Gasteiger partial charge in [-0.2, -0.15) is 5.26 Å². The molecule has 3 rings (SSSR count). The molecule has 170 valence electrons. The fourth-order valence-electron chi connectivity index (χ4n) is 3.03. The van der Waals surface area contributed by atoms with Crippen molar-refractivity contribution in [2.75, 3.05) is 5.32 Å². The zero-order valence-electron chi connectivity index (χ0n) is 18.1. The lowest BCUT2D eigenvalue weighted by atomic mass is 10.0. The van der Waals surface area contributed by atoms with Gasteiger partial charge in [-0.1, -0.05) is 38.1 Å². The molecule has 33 heavy (non-hydrogen) atoms.